The van der Waals surface area contributed by atoms with Crippen LogP contribution >= 0.6 is 0 Å². The Bertz CT molecular complexity index is 546. The number of hydrogen-bond acceptors (Lipinski definition) is 5. The Hall–Kier alpha value is -2.14. The van der Waals surface area contributed by atoms with Crippen molar-refractivity contribution in [3.05, 3.63) is 48.3 Å². The largest absolute Gasteiger partial charge is 0.472 e. The minimum absolute atomic E-state index is 0.0506. The van der Waals surface area contributed by atoms with Crippen molar-refractivity contribution < 1.29 is 9.47 Å². The number of aromatic nitrogens is 2. The van der Waals surface area contributed by atoms with Gasteiger partial charge in [-0.25, -0.2) is 9.97 Å². The molecule has 21 heavy (non-hydrogen) atoms. The molecule has 112 valence electrons. The van der Waals surface area contributed by atoms with E-state index in [0.717, 1.165) is 5.56 Å². The summed E-state index contributed by atoms with van der Waals surface area (Å²) >= 11 is 0. The van der Waals surface area contributed by atoms with Crippen LogP contribution in [0.4, 0.5) is 5.82 Å². The minimum Gasteiger partial charge on any atom is -0.472 e. The Morgan fingerprint density at radius 1 is 1.10 bits per heavy atom. The molecule has 2 aromatic rings. The van der Waals surface area contributed by atoms with Gasteiger partial charge in [0.1, 0.15) is 0 Å². The normalized spacial score (nSPS) is 12.2. The fraction of sp³-hybridized carbons (Fsp3) is 0.375. The summed E-state index contributed by atoms with van der Waals surface area (Å²) in [5.74, 6) is 1.14. The van der Waals surface area contributed by atoms with Crippen molar-refractivity contribution in [1.29, 1.82) is 0 Å². The van der Waals surface area contributed by atoms with Gasteiger partial charge in [0.2, 0.25) is 0 Å². The summed E-state index contributed by atoms with van der Waals surface area (Å²) < 4.78 is 11.2. The van der Waals surface area contributed by atoms with Gasteiger partial charge < -0.3 is 14.8 Å². The zero-order valence-electron chi connectivity index (χ0n) is 12.6. The SMILES string of the molecule is COC(CNc1nccnc1OC(C)C)c1ccccc1. The smallest absolute Gasteiger partial charge is 0.257 e. The van der Waals surface area contributed by atoms with E-state index < -0.39 is 0 Å². The molecule has 0 saturated heterocycles. The summed E-state index contributed by atoms with van der Waals surface area (Å²) in [4.78, 5) is 8.48. The predicted molar refractivity (Wildman–Crippen MR) is 82.5 cm³/mol. The van der Waals surface area contributed by atoms with Gasteiger partial charge in [-0.1, -0.05) is 30.3 Å². The molecule has 0 aliphatic carbocycles. The standard InChI is InChI=1S/C16H21N3O2/c1-12(2)21-16-15(17-9-10-18-16)19-11-14(20-3)13-7-5-4-6-8-13/h4-10,12,14H,11H2,1-3H3,(H,17,19). The van der Waals surface area contributed by atoms with E-state index in [9.17, 15) is 0 Å². The Morgan fingerprint density at radius 3 is 2.48 bits per heavy atom. The van der Waals surface area contributed by atoms with E-state index in [0.29, 0.717) is 18.2 Å². The molecule has 0 aliphatic heterocycles. The number of hydrogen-bond donors (Lipinski definition) is 1. The third-order valence-corrected chi connectivity index (χ3v) is 2.92. The number of nitrogens with one attached hydrogen (secondary N) is 1. The molecule has 0 spiro atoms. The van der Waals surface area contributed by atoms with Crippen LogP contribution in [0, 0.1) is 0 Å². The van der Waals surface area contributed by atoms with E-state index in [4.69, 9.17) is 9.47 Å². The van der Waals surface area contributed by atoms with Crippen LogP contribution in [-0.2, 0) is 4.74 Å². The van der Waals surface area contributed by atoms with Crippen LogP contribution in [0.25, 0.3) is 0 Å². The van der Waals surface area contributed by atoms with Crippen molar-refractivity contribution in [3.63, 3.8) is 0 Å². The number of anilines is 1. The lowest BCUT2D eigenvalue weighted by atomic mass is 10.1. The molecule has 0 fully saturated rings. The van der Waals surface area contributed by atoms with Crippen LogP contribution < -0.4 is 10.1 Å². The highest BCUT2D eigenvalue weighted by atomic mass is 16.5. The molecule has 0 amide bonds. The summed E-state index contributed by atoms with van der Waals surface area (Å²) in [6.07, 6.45) is 3.25. The second kappa shape index (κ2) is 7.59. The van der Waals surface area contributed by atoms with Crippen molar-refractivity contribution in [2.45, 2.75) is 26.1 Å². The minimum atomic E-state index is -0.0555. The van der Waals surface area contributed by atoms with Gasteiger partial charge in [-0.3, -0.25) is 0 Å². The molecule has 1 N–H and O–H groups in total. The summed E-state index contributed by atoms with van der Waals surface area (Å²) in [5.41, 5.74) is 1.11. The molecular formula is C16H21N3O2. The van der Waals surface area contributed by atoms with Gasteiger partial charge in [0.15, 0.2) is 5.82 Å². The maximum atomic E-state index is 5.64. The van der Waals surface area contributed by atoms with E-state index in [2.05, 4.69) is 15.3 Å². The maximum absolute atomic E-state index is 5.64. The topological polar surface area (TPSA) is 56.3 Å². The third kappa shape index (κ3) is 4.43. The molecule has 0 bridgehead atoms. The quantitative estimate of drug-likeness (QED) is 0.848. The van der Waals surface area contributed by atoms with Crippen LogP contribution in [0.3, 0.4) is 0 Å². The summed E-state index contributed by atoms with van der Waals surface area (Å²) in [6.45, 7) is 4.51. The molecule has 5 nitrogen and oxygen atoms in total. The van der Waals surface area contributed by atoms with E-state index in [1.807, 2.05) is 44.2 Å². The summed E-state index contributed by atoms with van der Waals surface area (Å²) in [6, 6.07) is 10.1. The second-order valence-electron chi connectivity index (χ2n) is 4.89. The molecule has 2 rings (SSSR count). The molecule has 1 heterocycles. The van der Waals surface area contributed by atoms with Gasteiger partial charge in [-0.2, -0.15) is 0 Å². The van der Waals surface area contributed by atoms with Gasteiger partial charge in [0.25, 0.3) is 5.88 Å². The molecule has 1 atom stereocenters. The lowest BCUT2D eigenvalue weighted by Gasteiger charge is -2.18. The molecule has 0 aliphatic rings. The van der Waals surface area contributed by atoms with Crippen molar-refractivity contribution in [1.82, 2.24) is 9.97 Å². The van der Waals surface area contributed by atoms with E-state index in [1.165, 1.54) is 0 Å². The first-order chi connectivity index (χ1) is 10.2. The monoisotopic (exact) mass is 287 g/mol. The molecular weight excluding hydrogens is 266 g/mol. The number of nitrogens with zero attached hydrogens (tertiary/aromatic N) is 2. The van der Waals surface area contributed by atoms with Gasteiger partial charge in [0, 0.05) is 26.0 Å². The number of methoxy groups -OCH3 is 1. The highest BCUT2D eigenvalue weighted by Gasteiger charge is 2.13. The van der Waals surface area contributed by atoms with Crippen molar-refractivity contribution >= 4 is 5.82 Å². The van der Waals surface area contributed by atoms with E-state index in [-0.39, 0.29) is 12.2 Å². The van der Waals surface area contributed by atoms with Gasteiger partial charge in [-0.05, 0) is 19.4 Å². The van der Waals surface area contributed by atoms with Crippen molar-refractivity contribution in [3.8, 4) is 5.88 Å². The Labute approximate surface area is 125 Å². The van der Waals surface area contributed by atoms with Crippen molar-refractivity contribution in [2.75, 3.05) is 19.0 Å². The molecule has 5 heteroatoms. The average molecular weight is 287 g/mol. The van der Waals surface area contributed by atoms with E-state index >= 15 is 0 Å². The highest BCUT2D eigenvalue weighted by molar-refractivity contribution is 5.45. The maximum Gasteiger partial charge on any atom is 0.257 e. The predicted octanol–water partition coefficient (Wildman–Crippen LogP) is 3.06. The molecule has 1 aromatic heterocycles. The molecule has 0 radical (unpaired) electrons. The fourth-order valence-electron chi connectivity index (χ4n) is 1.95. The second-order valence-corrected chi connectivity index (χ2v) is 4.89. The van der Waals surface area contributed by atoms with Crippen LogP contribution in [0.15, 0.2) is 42.7 Å². The lowest BCUT2D eigenvalue weighted by molar-refractivity contribution is 0.114. The molecule has 0 saturated carbocycles. The summed E-state index contributed by atoms with van der Waals surface area (Å²) in [7, 11) is 1.70. The zero-order chi connectivity index (χ0) is 15.1. The Balaban J connectivity index is 2.05. The van der Waals surface area contributed by atoms with Crippen LogP contribution in [0.2, 0.25) is 0 Å². The number of ether oxygens (including phenoxy) is 2. The Kier molecular flexibility index (Phi) is 5.51. The third-order valence-electron chi connectivity index (χ3n) is 2.92. The first kappa shape index (κ1) is 15.3. The Morgan fingerprint density at radius 2 is 1.81 bits per heavy atom. The zero-order valence-corrected chi connectivity index (χ0v) is 12.6. The highest BCUT2D eigenvalue weighted by Crippen LogP contribution is 2.22. The van der Waals surface area contributed by atoms with Crippen molar-refractivity contribution in [2.24, 2.45) is 0 Å². The molecule has 1 aromatic carbocycles. The molecule has 1 unspecified atom stereocenters. The van der Waals surface area contributed by atoms with Gasteiger partial charge in [0.05, 0.1) is 12.2 Å². The average Bonchev–Trinajstić information content (AvgIpc) is 2.50. The first-order valence-electron chi connectivity index (χ1n) is 7.00. The number of rotatable bonds is 7. The van der Waals surface area contributed by atoms with E-state index in [1.54, 1.807) is 19.5 Å². The lowest BCUT2D eigenvalue weighted by Crippen LogP contribution is -2.17. The van der Waals surface area contributed by atoms with Gasteiger partial charge in [-0.15, -0.1) is 0 Å². The van der Waals surface area contributed by atoms with Gasteiger partial charge >= 0.3 is 0 Å². The van der Waals surface area contributed by atoms with Crippen LogP contribution in [0.5, 0.6) is 5.88 Å². The fourth-order valence-corrected chi connectivity index (χ4v) is 1.95. The first-order valence-corrected chi connectivity index (χ1v) is 7.00. The summed E-state index contributed by atoms with van der Waals surface area (Å²) in [5, 5.41) is 3.24. The number of benzene rings is 1. The van der Waals surface area contributed by atoms with Crippen LogP contribution in [0.1, 0.15) is 25.5 Å². The van der Waals surface area contributed by atoms with Crippen LogP contribution in [-0.4, -0.2) is 29.7 Å².